The first-order chi connectivity index (χ1) is 14.4. The summed E-state index contributed by atoms with van der Waals surface area (Å²) in [5, 5.41) is 2.91. The molecule has 3 rings (SSSR count). The van der Waals surface area contributed by atoms with Gasteiger partial charge >= 0.3 is 0 Å². The molecule has 0 saturated heterocycles. The Balaban J connectivity index is 1.69. The standard InChI is InChI=1S/C24H26N4O2/c1-17-9-10-21(13-18(17)2)27-23(29)11-12-28(16-20-7-5-4-6-8-20)24(30)22-15-25-19(3)14-26-22/h4-10,13-15H,11-12,16H2,1-3H3,(H,27,29). The van der Waals surface area contributed by atoms with Crippen LogP contribution in [-0.4, -0.2) is 33.2 Å². The van der Waals surface area contributed by atoms with E-state index in [1.54, 1.807) is 11.1 Å². The van der Waals surface area contributed by atoms with Crippen LogP contribution in [0, 0.1) is 20.8 Å². The summed E-state index contributed by atoms with van der Waals surface area (Å²) in [6, 6.07) is 15.5. The van der Waals surface area contributed by atoms with Crippen molar-refractivity contribution in [2.24, 2.45) is 0 Å². The zero-order valence-corrected chi connectivity index (χ0v) is 17.6. The van der Waals surface area contributed by atoms with E-state index >= 15 is 0 Å². The van der Waals surface area contributed by atoms with E-state index in [0.717, 1.165) is 22.5 Å². The molecule has 0 unspecified atom stereocenters. The Kier molecular flexibility index (Phi) is 6.91. The summed E-state index contributed by atoms with van der Waals surface area (Å²) in [5.74, 6) is -0.385. The minimum absolute atomic E-state index is 0.140. The third kappa shape index (κ3) is 5.73. The number of rotatable bonds is 7. The summed E-state index contributed by atoms with van der Waals surface area (Å²) in [6.45, 7) is 6.53. The number of nitrogens with one attached hydrogen (secondary N) is 1. The molecule has 0 spiro atoms. The van der Waals surface area contributed by atoms with Gasteiger partial charge in [0.2, 0.25) is 5.91 Å². The summed E-state index contributed by atoms with van der Waals surface area (Å²) in [6.07, 6.45) is 3.23. The van der Waals surface area contributed by atoms with Gasteiger partial charge in [-0.2, -0.15) is 0 Å². The third-order valence-electron chi connectivity index (χ3n) is 4.90. The Bertz CT molecular complexity index is 1020. The van der Waals surface area contributed by atoms with E-state index in [1.165, 1.54) is 11.8 Å². The van der Waals surface area contributed by atoms with Crippen molar-refractivity contribution in [3.63, 3.8) is 0 Å². The number of carbonyl (C=O) groups excluding carboxylic acids is 2. The van der Waals surface area contributed by atoms with Crippen molar-refractivity contribution in [3.8, 4) is 0 Å². The predicted molar refractivity (Wildman–Crippen MR) is 117 cm³/mol. The predicted octanol–water partition coefficient (Wildman–Crippen LogP) is 4.07. The van der Waals surface area contributed by atoms with Crippen LogP contribution >= 0.6 is 0 Å². The minimum Gasteiger partial charge on any atom is -0.332 e. The molecule has 0 aliphatic rings. The largest absolute Gasteiger partial charge is 0.332 e. The molecule has 6 nitrogen and oxygen atoms in total. The second-order valence-corrected chi connectivity index (χ2v) is 7.35. The number of carbonyl (C=O) groups is 2. The van der Waals surface area contributed by atoms with Gasteiger partial charge in [0, 0.05) is 31.4 Å². The van der Waals surface area contributed by atoms with Gasteiger partial charge in [-0.3, -0.25) is 14.6 Å². The van der Waals surface area contributed by atoms with Crippen LogP contribution in [0.15, 0.2) is 60.9 Å². The van der Waals surface area contributed by atoms with Crippen LogP contribution in [0.2, 0.25) is 0 Å². The lowest BCUT2D eigenvalue weighted by atomic mass is 10.1. The average molecular weight is 402 g/mol. The number of aromatic nitrogens is 2. The molecule has 2 amide bonds. The average Bonchev–Trinajstić information content (AvgIpc) is 2.74. The van der Waals surface area contributed by atoms with Crippen LogP contribution in [0.4, 0.5) is 5.69 Å². The molecule has 0 bridgehead atoms. The first-order valence-corrected chi connectivity index (χ1v) is 9.91. The number of hydrogen-bond acceptors (Lipinski definition) is 4. The number of benzene rings is 2. The van der Waals surface area contributed by atoms with Crippen LogP contribution in [-0.2, 0) is 11.3 Å². The molecule has 0 fully saturated rings. The fraction of sp³-hybridized carbons (Fsp3) is 0.250. The Morgan fingerprint density at radius 3 is 2.37 bits per heavy atom. The lowest BCUT2D eigenvalue weighted by Crippen LogP contribution is -2.34. The maximum absolute atomic E-state index is 13.0. The van der Waals surface area contributed by atoms with Crippen molar-refractivity contribution in [1.29, 1.82) is 0 Å². The fourth-order valence-electron chi connectivity index (χ4n) is 3.00. The smallest absolute Gasteiger partial charge is 0.274 e. The van der Waals surface area contributed by atoms with E-state index in [-0.39, 0.29) is 30.5 Å². The highest BCUT2D eigenvalue weighted by molar-refractivity contribution is 5.93. The van der Waals surface area contributed by atoms with Gasteiger partial charge in [0.1, 0.15) is 5.69 Å². The van der Waals surface area contributed by atoms with Gasteiger partial charge in [-0.15, -0.1) is 0 Å². The molecule has 0 radical (unpaired) electrons. The molecular formula is C24H26N4O2. The van der Waals surface area contributed by atoms with Crippen molar-refractivity contribution in [2.45, 2.75) is 33.7 Å². The Morgan fingerprint density at radius 2 is 1.70 bits per heavy atom. The first kappa shape index (κ1) is 21.2. The minimum atomic E-state index is -0.245. The summed E-state index contributed by atoms with van der Waals surface area (Å²) in [7, 11) is 0. The second-order valence-electron chi connectivity index (χ2n) is 7.35. The topological polar surface area (TPSA) is 75.2 Å². The molecule has 6 heteroatoms. The number of aryl methyl sites for hydroxylation is 3. The Labute approximate surface area is 177 Å². The van der Waals surface area contributed by atoms with Crippen molar-refractivity contribution in [2.75, 3.05) is 11.9 Å². The van der Waals surface area contributed by atoms with Crippen molar-refractivity contribution in [1.82, 2.24) is 14.9 Å². The summed E-state index contributed by atoms with van der Waals surface area (Å²) < 4.78 is 0. The van der Waals surface area contributed by atoms with E-state index in [1.807, 2.05) is 69.3 Å². The van der Waals surface area contributed by atoms with E-state index in [2.05, 4.69) is 15.3 Å². The maximum atomic E-state index is 13.0. The molecule has 1 heterocycles. The van der Waals surface area contributed by atoms with Crippen LogP contribution in [0.5, 0.6) is 0 Å². The zero-order valence-electron chi connectivity index (χ0n) is 17.6. The summed E-state index contributed by atoms with van der Waals surface area (Å²) >= 11 is 0. The van der Waals surface area contributed by atoms with Gasteiger partial charge in [0.15, 0.2) is 0 Å². The molecule has 154 valence electrons. The van der Waals surface area contributed by atoms with Crippen LogP contribution in [0.3, 0.4) is 0 Å². The fourth-order valence-corrected chi connectivity index (χ4v) is 3.00. The Morgan fingerprint density at radius 1 is 0.933 bits per heavy atom. The number of nitrogens with zero attached hydrogens (tertiary/aromatic N) is 3. The number of anilines is 1. The number of amides is 2. The van der Waals surface area contributed by atoms with Crippen LogP contribution < -0.4 is 5.32 Å². The highest BCUT2D eigenvalue weighted by Gasteiger charge is 2.19. The van der Waals surface area contributed by atoms with Gasteiger partial charge in [0.05, 0.1) is 11.9 Å². The quantitative estimate of drug-likeness (QED) is 0.646. The Hall–Kier alpha value is -3.54. The van der Waals surface area contributed by atoms with Crippen LogP contribution in [0.25, 0.3) is 0 Å². The van der Waals surface area contributed by atoms with Gasteiger partial charge in [-0.25, -0.2) is 4.98 Å². The number of hydrogen-bond donors (Lipinski definition) is 1. The van der Waals surface area contributed by atoms with Gasteiger partial charge in [-0.1, -0.05) is 36.4 Å². The van der Waals surface area contributed by atoms with Gasteiger partial charge in [0.25, 0.3) is 5.91 Å². The third-order valence-corrected chi connectivity index (χ3v) is 4.90. The first-order valence-electron chi connectivity index (χ1n) is 9.91. The van der Waals surface area contributed by atoms with Crippen molar-refractivity contribution in [3.05, 3.63) is 89.0 Å². The van der Waals surface area contributed by atoms with Crippen molar-refractivity contribution >= 4 is 17.5 Å². The molecule has 3 aromatic rings. The SMILES string of the molecule is Cc1cnc(C(=O)N(CCC(=O)Nc2ccc(C)c(C)c2)Cc2ccccc2)cn1. The summed E-state index contributed by atoms with van der Waals surface area (Å²) in [5.41, 5.74) is 5.05. The normalized spacial score (nSPS) is 10.5. The monoisotopic (exact) mass is 402 g/mol. The molecule has 0 saturated carbocycles. The molecule has 1 aromatic heterocycles. The highest BCUT2D eigenvalue weighted by atomic mass is 16.2. The molecule has 0 aliphatic heterocycles. The van der Waals surface area contributed by atoms with E-state index in [0.29, 0.717) is 6.54 Å². The molecule has 2 aromatic carbocycles. The van der Waals surface area contributed by atoms with E-state index in [9.17, 15) is 9.59 Å². The van der Waals surface area contributed by atoms with Gasteiger partial charge in [-0.05, 0) is 49.6 Å². The van der Waals surface area contributed by atoms with Crippen LogP contribution in [0.1, 0.15) is 39.3 Å². The van der Waals surface area contributed by atoms with Gasteiger partial charge < -0.3 is 10.2 Å². The van der Waals surface area contributed by atoms with E-state index in [4.69, 9.17) is 0 Å². The molecule has 0 aliphatic carbocycles. The van der Waals surface area contributed by atoms with E-state index < -0.39 is 0 Å². The maximum Gasteiger partial charge on any atom is 0.274 e. The lowest BCUT2D eigenvalue weighted by molar-refractivity contribution is -0.116. The lowest BCUT2D eigenvalue weighted by Gasteiger charge is -2.22. The summed E-state index contributed by atoms with van der Waals surface area (Å²) in [4.78, 5) is 35.5. The zero-order chi connectivity index (χ0) is 21.5. The molecule has 30 heavy (non-hydrogen) atoms. The molecule has 1 N–H and O–H groups in total. The molecule has 0 atom stereocenters. The second kappa shape index (κ2) is 9.78. The van der Waals surface area contributed by atoms with Crippen molar-refractivity contribution < 1.29 is 9.59 Å². The highest BCUT2D eigenvalue weighted by Crippen LogP contribution is 2.15. The molecular weight excluding hydrogens is 376 g/mol.